The van der Waals surface area contributed by atoms with Gasteiger partial charge in [-0.1, -0.05) is 32.0 Å². The Bertz CT molecular complexity index is 465. The van der Waals surface area contributed by atoms with Crippen LogP contribution < -0.4 is 5.73 Å². The second-order valence-corrected chi connectivity index (χ2v) is 7.03. The first-order valence-corrected chi connectivity index (χ1v) is 8.00. The summed E-state index contributed by atoms with van der Waals surface area (Å²) < 4.78 is 0. The number of hydrogen-bond acceptors (Lipinski definition) is 1. The Balaban J connectivity index is 1.80. The van der Waals surface area contributed by atoms with Gasteiger partial charge in [0.05, 0.1) is 0 Å². The standard InChI is InChI=1S/C18H27N/c1-3-18(19)9-8-17(12-18)16-7-6-14-10-13(2)4-5-15(14)11-16/h6-7,11,13,17H,3-5,8-10,12,19H2,1-2H3/t13?,17-,18+/m0/s1. The lowest BCUT2D eigenvalue weighted by Crippen LogP contribution is -2.35. The summed E-state index contributed by atoms with van der Waals surface area (Å²) in [7, 11) is 0. The van der Waals surface area contributed by atoms with Crippen molar-refractivity contribution in [2.24, 2.45) is 11.7 Å². The lowest BCUT2D eigenvalue weighted by atomic mass is 9.82. The number of hydrogen-bond donors (Lipinski definition) is 1. The molecule has 0 spiro atoms. The predicted molar refractivity (Wildman–Crippen MR) is 81.4 cm³/mol. The van der Waals surface area contributed by atoms with Gasteiger partial charge in [-0.15, -0.1) is 0 Å². The highest BCUT2D eigenvalue weighted by atomic mass is 14.8. The van der Waals surface area contributed by atoms with Crippen LogP contribution in [0.4, 0.5) is 0 Å². The Kier molecular flexibility index (Phi) is 3.42. The predicted octanol–water partition coefficient (Wildman–Crippen LogP) is 4.19. The Morgan fingerprint density at radius 3 is 2.84 bits per heavy atom. The van der Waals surface area contributed by atoms with Gasteiger partial charge in [-0.3, -0.25) is 0 Å². The van der Waals surface area contributed by atoms with Crippen molar-refractivity contribution in [1.82, 2.24) is 0 Å². The van der Waals surface area contributed by atoms with Gasteiger partial charge in [-0.05, 0) is 73.5 Å². The maximum Gasteiger partial charge on any atom is 0.0157 e. The molecule has 0 saturated heterocycles. The fourth-order valence-electron chi connectivity index (χ4n) is 3.97. The van der Waals surface area contributed by atoms with E-state index in [1.807, 2.05) is 0 Å². The van der Waals surface area contributed by atoms with Gasteiger partial charge in [-0.2, -0.15) is 0 Å². The van der Waals surface area contributed by atoms with Crippen LogP contribution in [0.25, 0.3) is 0 Å². The molecule has 1 aromatic rings. The number of nitrogens with two attached hydrogens (primary N) is 1. The molecule has 0 aliphatic heterocycles. The maximum absolute atomic E-state index is 6.44. The summed E-state index contributed by atoms with van der Waals surface area (Å²) in [5.41, 5.74) is 11.3. The fraction of sp³-hybridized carbons (Fsp3) is 0.667. The Labute approximate surface area is 117 Å². The molecule has 2 aliphatic carbocycles. The maximum atomic E-state index is 6.44. The molecule has 1 aromatic carbocycles. The molecule has 1 fully saturated rings. The molecule has 0 aromatic heterocycles. The van der Waals surface area contributed by atoms with Crippen molar-refractivity contribution in [1.29, 1.82) is 0 Å². The molecule has 1 nitrogen and oxygen atoms in total. The quantitative estimate of drug-likeness (QED) is 0.845. The molecular formula is C18H27N. The molecule has 0 bridgehead atoms. The fourth-order valence-corrected chi connectivity index (χ4v) is 3.97. The van der Waals surface area contributed by atoms with Crippen LogP contribution in [0.15, 0.2) is 18.2 Å². The Hall–Kier alpha value is -0.820. The molecule has 2 aliphatic rings. The highest BCUT2D eigenvalue weighted by Gasteiger charge is 2.35. The third kappa shape index (κ3) is 2.58. The van der Waals surface area contributed by atoms with Crippen molar-refractivity contribution < 1.29 is 0 Å². The smallest absolute Gasteiger partial charge is 0.0157 e. The van der Waals surface area contributed by atoms with Crippen LogP contribution in [0.2, 0.25) is 0 Å². The molecule has 0 amide bonds. The number of benzene rings is 1. The number of rotatable bonds is 2. The Morgan fingerprint density at radius 1 is 1.26 bits per heavy atom. The zero-order valence-electron chi connectivity index (χ0n) is 12.4. The van der Waals surface area contributed by atoms with E-state index in [1.54, 1.807) is 16.7 Å². The number of fused-ring (bicyclic) bond motifs is 1. The summed E-state index contributed by atoms with van der Waals surface area (Å²) in [5, 5.41) is 0. The van der Waals surface area contributed by atoms with Gasteiger partial charge in [0.1, 0.15) is 0 Å². The molecule has 1 unspecified atom stereocenters. The molecule has 1 saturated carbocycles. The summed E-state index contributed by atoms with van der Waals surface area (Å²) >= 11 is 0. The van der Waals surface area contributed by atoms with Gasteiger partial charge >= 0.3 is 0 Å². The van der Waals surface area contributed by atoms with E-state index in [0.717, 1.165) is 12.3 Å². The molecule has 0 radical (unpaired) electrons. The van der Waals surface area contributed by atoms with Gasteiger partial charge in [0.15, 0.2) is 0 Å². The van der Waals surface area contributed by atoms with Gasteiger partial charge in [0.25, 0.3) is 0 Å². The summed E-state index contributed by atoms with van der Waals surface area (Å²) in [6.45, 7) is 4.61. The van der Waals surface area contributed by atoms with E-state index in [0.29, 0.717) is 5.92 Å². The monoisotopic (exact) mass is 257 g/mol. The van der Waals surface area contributed by atoms with Gasteiger partial charge in [-0.25, -0.2) is 0 Å². The highest BCUT2D eigenvalue weighted by molar-refractivity contribution is 5.36. The zero-order valence-corrected chi connectivity index (χ0v) is 12.4. The molecular weight excluding hydrogens is 230 g/mol. The lowest BCUT2D eigenvalue weighted by molar-refractivity contribution is 0.418. The van der Waals surface area contributed by atoms with Crippen molar-refractivity contribution in [3.05, 3.63) is 34.9 Å². The van der Waals surface area contributed by atoms with Crippen LogP contribution in [0, 0.1) is 5.92 Å². The first kappa shape index (κ1) is 13.2. The molecule has 3 atom stereocenters. The van der Waals surface area contributed by atoms with Crippen LogP contribution in [-0.2, 0) is 12.8 Å². The van der Waals surface area contributed by atoms with E-state index in [9.17, 15) is 0 Å². The minimum Gasteiger partial charge on any atom is -0.325 e. The van der Waals surface area contributed by atoms with Crippen LogP contribution >= 0.6 is 0 Å². The lowest BCUT2D eigenvalue weighted by Gasteiger charge is -2.24. The second kappa shape index (κ2) is 4.94. The molecule has 0 heterocycles. The number of aryl methyl sites for hydroxylation is 1. The third-order valence-electron chi connectivity index (χ3n) is 5.52. The molecule has 104 valence electrons. The minimum absolute atomic E-state index is 0.106. The zero-order chi connectivity index (χ0) is 13.5. The highest BCUT2D eigenvalue weighted by Crippen LogP contribution is 2.42. The second-order valence-electron chi connectivity index (χ2n) is 7.03. The molecule has 19 heavy (non-hydrogen) atoms. The van der Waals surface area contributed by atoms with Crippen molar-refractivity contribution in [2.75, 3.05) is 0 Å². The first-order chi connectivity index (χ1) is 9.09. The van der Waals surface area contributed by atoms with Crippen LogP contribution in [0.1, 0.15) is 68.6 Å². The van der Waals surface area contributed by atoms with E-state index in [-0.39, 0.29) is 5.54 Å². The van der Waals surface area contributed by atoms with Crippen LogP contribution in [0.5, 0.6) is 0 Å². The largest absolute Gasteiger partial charge is 0.325 e. The topological polar surface area (TPSA) is 26.0 Å². The molecule has 3 rings (SSSR count). The summed E-state index contributed by atoms with van der Waals surface area (Å²) in [6.07, 6.45) is 8.68. The normalized spacial score (nSPS) is 34.3. The SMILES string of the molecule is CC[C@@]1(N)CC[C@H](c2ccc3c(c2)CCC(C)C3)C1. The van der Waals surface area contributed by atoms with Crippen molar-refractivity contribution >= 4 is 0 Å². The minimum atomic E-state index is 0.106. The average Bonchev–Trinajstić information content (AvgIpc) is 2.82. The van der Waals surface area contributed by atoms with Gasteiger partial charge < -0.3 is 5.73 Å². The third-order valence-corrected chi connectivity index (χ3v) is 5.52. The van der Waals surface area contributed by atoms with Crippen molar-refractivity contribution in [3.8, 4) is 0 Å². The van der Waals surface area contributed by atoms with Crippen molar-refractivity contribution in [2.45, 2.75) is 70.3 Å². The Morgan fingerprint density at radius 2 is 2.11 bits per heavy atom. The summed E-state index contributed by atoms with van der Waals surface area (Å²) in [5.74, 6) is 1.57. The first-order valence-electron chi connectivity index (χ1n) is 8.00. The molecule has 1 heteroatoms. The van der Waals surface area contributed by atoms with Crippen LogP contribution in [0.3, 0.4) is 0 Å². The average molecular weight is 257 g/mol. The van der Waals surface area contributed by atoms with Crippen LogP contribution in [-0.4, -0.2) is 5.54 Å². The van der Waals surface area contributed by atoms with E-state index in [2.05, 4.69) is 32.0 Å². The van der Waals surface area contributed by atoms with Gasteiger partial charge in [0.2, 0.25) is 0 Å². The van der Waals surface area contributed by atoms with E-state index in [4.69, 9.17) is 5.73 Å². The van der Waals surface area contributed by atoms with Crippen molar-refractivity contribution in [3.63, 3.8) is 0 Å². The summed E-state index contributed by atoms with van der Waals surface area (Å²) in [6, 6.07) is 7.26. The van der Waals surface area contributed by atoms with E-state index >= 15 is 0 Å². The van der Waals surface area contributed by atoms with E-state index < -0.39 is 0 Å². The summed E-state index contributed by atoms with van der Waals surface area (Å²) in [4.78, 5) is 0. The van der Waals surface area contributed by atoms with E-state index in [1.165, 1.54) is 38.5 Å². The van der Waals surface area contributed by atoms with Gasteiger partial charge in [0, 0.05) is 5.54 Å². The molecule has 2 N–H and O–H groups in total.